The standard InChI is InChI=1S/C20H24N2O2/c1-14-9-10-19(24-3)17(13-14)15(2)21-20(23)22-12-11-18(22)16-7-5-4-6-8-16/h4-10,13,15,18H,11-12H2,1-3H3,(H,21,23)/t15-,18+/m1/s1. The van der Waals surface area contributed by atoms with E-state index in [4.69, 9.17) is 4.74 Å². The number of amides is 2. The molecule has 3 rings (SSSR count). The number of urea groups is 1. The molecule has 1 aliphatic heterocycles. The first kappa shape index (κ1) is 16.4. The van der Waals surface area contributed by atoms with Gasteiger partial charge in [-0.2, -0.15) is 0 Å². The molecule has 126 valence electrons. The first-order valence-electron chi connectivity index (χ1n) is 8.36. The smallest absolute Gasteiger partial charge is 0.318 e. The Kier molecular flexibility index (Phi) is 4.74. The minimum atomic E-state index is -0.107. The predicted octanol–water partition coefficient (Wildman–Crippen LogP) is 4.22. The Morgan fingerprint density at radius 2 is 2.00 bits per heavy atom. The monoisotopic (exact) mass is 324 g/mol. The van der Waals surface area contributed by atoms with Gasteiger partial charge in [0.1, 0.15) is 5.75 Å². The minimum absolute atomic E-state index is 0.0221. The lowest BCUT2D eigenvalue weighted by atomic mass is 9.95. The summed E-state index contributed by atoms with van der Waals surface area (Å²) in [6, 6.07) is 16.3. The molecule has 2 amide bonds. The number of rotatable bonds is 4. The summed E-state index contributed by atoms with van der Waals surface area (Å²) in [5, 5.41) is 3.11. The number of likely N-dealkylation sites (tertiary alicyclic amines) is 1. The van der Waals surface area contributed by atoms with Crippen LogP contribution in [-0.4, -0.2) is 24.6 Å². The highest BCUT2D eigenvalue weighted by Gasteiger charge is 2.33. The van der Waals surface area contributed by atoms with E-state index in [-0.39, 0.29) is 18.1 Å². The second-order valence-electron chi connectivity index (χ2n) is 6.33. The topological polar surface area (TPSA) is 41.6 Å². The highest BCUT2D eigenvalue weighted by molar-refractivity contribution is 5.76. The molecule has 0 bridgehead atoms. The van der Waals surface area contributed by atoms with Crippen LogP contribution in [0.15, 0.2) is 48.5 Å². The molecule has 0 aliphatic carbocycles. The molecule has 4 heteroatoms. The zero-order valence-corrected chi connectivity index (χ0v) is 14.5. The van der Waals surface area contributed by atoms with E-state index in [9.17, 15) is 4.79 Å². The molecule has 0 unspecified atom stereocenters. The van der Waals surface area contributed by atoms with Crippen molar-refractivity contribution in [1.82, 2.24) is 10.2 Å². The minimum Gasteiger partial charge on any atom is -0.496 e. The molecule has 24 heavy (non-hydrogen) atoms. The van der Waals surface area contributed by atoms with Crippen molar-refractivity contribution in [3.05, 3.63) is 65.2 Å². The van der Waals surface area contributed by atoms with Crippen molar-refractivity contribution < 1.29 is 9.53 Å². The van der Waals surface area contributed by atoms with Crippen molar-refractivity contribution in [2.75, 3.05) is 13.7 Å². The molecule has 2 aromatic rings. The van der Waals surface area contributed by atoms with Crippen molar-refractivity contribution in [1.29, 1.82) is 0 Å². The molecule has 2 atom stereocenters. The number of nitrogens with one attached hydrogen (secondary N) is 1. The van der Waals surface area contributed by atoms with E-state index in [1.165, 1.54) is 5.56 Å². The summed E-state index contributed by atoms with van der Waals surface area (Å²) >= 11 is 0. The van der Waals surface area contributed by atoms with Crippen molar-refractivity contribution in [2.24, 2.45) is 0 Å². The molecule has 0 radical (unpaired) electrons. The molecule has 0 saturated carbocycles. The molecular formula is C20H24N2O2. The van der Waals surface area contributed by atoms with Crippen molar-refractivity contribution >= 4 is 6.03 Å². The summed E-state index contributed by atoms with van der Waals surface area (Å²) < 4.78 is 5.43. The average molecular weight is 324 g/mol. The Hall–Kier alpha value is -2.49. The van der Waals surface area contributed by atoms with Crippen LogP contribution in [0.3, 0.4) is 0 Å². The van der Waals surface area contributed by atoms with Crippen LogP contribution in [0, 0.1) is 6.92 Å². The summed E-state index contributed by atoms with van der Waals surface area (Å²) in [5.74, 6) is 0.802. The first-order valence-corrected chi connectivity index (χ1v) is 8.36. The van der Waals surface area contributed by atoms with Crippen molar-refractivity contribution in [3.8, 4) is 5.75 Å². The van der Waals surface area contributed by atoms with Gasteiger partial charge in [0.05, 0.1) is 19.2 Å². The number of carbonyl (C=O) groups is 1. The summed E-state index contributed by atoms with van der Waals surface area (Å²) in [6.45, 7) is 4.83. The number of nitrogens with zero attached hydrogens (tertiary/aromatic N) is 1. The van der Waals surface area contributed by atoms with E-state index >= 15 is 0 Å². The van der Waals surface area contributed by atoms with E-state index in [2.05, 4.69) is 23.5 Å². The van der Waals surface area contributed by atoms with Gasteiger partial charge in [-0.3, -0.25) is 0 Å². The molecule has 1 N–H and O–H groups in total. The fraction of sp³-hybridized carbons (Fsp3) is 0.350. The van der Waals surface area contributed by atoms with Gasteiger partial charge in [-0.15, -0.1) is 0 Å². The zero-order chi connectivity index (χ0) is 17.1. The van der Waals surface area contributed by atoms with Crippen LogP contribution >= 0.6 is 0 Å². The lowest BCUT2D eigenvalue weighted by molar-refractivity contribution is 0.113. The summed E-state index contributed by atoms with van der Waals surface area (Å²) in [4.78, 5) is 14.5. The third kappa shape index (κ3) is 3.23. The average Bonchev–Trinajstić information content (AvgIpc) is 2.54. The van der Waals surface area contributed by atoms with Crippen LogP contribution < -0.4 is 10.1 Å². The lowest BCUT2D eigenvalue weighted by Crippen LogP contribution is -2.50. The molecule has 4 nitrogen and oxygen atoms in total. The van der Waals surface area contributed by atoms with Crippen molar-refractivity contribution in [2.45, 2.75) is 32.4 Å². The van der Waals surface area contributed by atoms with Crippen LogP contribution in [0.2, 0.25) is 0 Å². The van der Waals surface area contributed by atoms with Crippen LogP contribution in [0.25, 0.3) is 0 Å². The Balaban J connectivity index is 1.70. The second-order valence-corrected chi connectivity index (χ2v) is 6.33. The fourth-order valence-electron chi connectivity index (χ4n) is 3.19. The molecule has 2 aromatic carbocycles. The molecule has 1 aliphatic rings. The molecule has 0 aromatic heterocycles. The highest BCUT2D eigenvalue weighted by Crippen LogP contribution is 2.34. The van der Waals surface area contributed by atoms with Crippen LogP contribution in [0.5, 0.6) is 5.75 Å². The van der Waals surface area contributed by atoms with Crippen molar-refractivity contribution in [3.63, 3.8) is 0 Å². The molecule has 1 fully saturated rings. The van der Waals surface area contributed by atoms with Crippen LogP contribution in [0.1, 0.15) is 42.1 Å². The van der Waals surface area contributed by atoms with Gasteiger partial charge in [-0.25, -0.2) is 4.79 Å². The molecule has 1 saturated heterocycles. The van der Waals surface area contributed by atoms with E-state index in [1.807, 2.05) is 49.1 Å². The second kappa shape index (κ2) is 6.95. The largest absolute Gasteiger partial charge is 0.496 e. The Morgan fingerprint density at radius 3 is 2.62 bits per heavy atom. The maximum absolute atomic E-state index is 12.7. The number of hydrogen-bond donors (Lipinski definition) is 1. The van der Waals surface area contributed by atoms with E-state index in [0.29, 0.717) is 0 Å². The van der Waals surface area contributed by atoms with Gasteiger partial charge in [0.2, 0.25) is 0 Å². The quantitative estimate of drug-likeness (QED) is 0.915. The first-order chi connectivity index (χ1) is 11.6. The molecular weight excluding hydrogens is 300 g/mol. The number of aryl methyl sites for hydroxylation is 1. The van der Waals surface area contributed by atoms with Gasteiger partial charge < -0.3 is 15.0 Å². The fourth-order valence-corrected chi connectivity index (χ4v) is 3.19. The van der Waals surface area contributed by atoms with Crippen LogP contribution in [0.4, 0.5) is 4.79 Å². The SMILES string of the molecule is COc1ccc(C)cc1[C@@H](C)NC(=O)N1CC[C@H]1c1ccccc1. The van der Waals surface area contributed by atoms with Gasteiger partial charge >= 0.3 is 6.03 Å². The number of benzene rings is 2. The normalized spacial score (nSPS) is 17.8. The third-order valence-corrected chi connectivity index (χ3v) is 4.66. The maximum atomic E-state index is 12.7. The highest BCUT2D eigenvalue weighted by atomic mass is 16.5. The van der Waals surface area contributed by atoms with Crippen LogP contribution in [-0.2, 0) is 0 Å². The zero-order valence-electron chi connectivity index (χ0n) is 14.5. The van der Waals surface area contributed by atoms with Gasteiger partial charge in [0, 0.05) is 12.1 Å². The molecule has 1 heterocycles. The number of ether oxygens (including phenoxy) is 1. The van der Waals surface area contributed by atoms with Gasteiger partial charge in [0.25, 0.3) is 0 Å². The lowest BCUT2D eigenvalue weighted by Gasteiger charge is -2.41. The number of hydrogen-bond acceptors (Lipinski definition) is 2. The Morgan fingerprint density at radius 1 is 1.25 bits per heavy atom. The maximum Gasteiger partial charge on any atom is 0.318 e. The van der Waals surface area contributed by atoms with Gasteiger partial charge in [-0.1, -0.05) is 48.0 Å². The van der Waals surface area contributed by atoms with Gasteiger partial charge in [-0.05, 0) is 31.9 Å². The third-order valence-electron chi connectivity index (χ3n) is 4.66. The predicted molar refractivity (Wildman–Crippen MR) is 95.2 cm³/mol. The van der Waals surface area contributed by atoms with E-state index in [0.717, 1.165) is 29.8 Å². The summed E-state index contributed by atoms with van der Waals surface area (Å²) in [5.41, 5.74) is 3.35. The number of methoxy groups -OCH3 is 1. The molecule has 0 spiro atoms. The van der Waals surface area contributed by atoms with E-state index in [1.54, 1.807) is 7.11 Å². The summed E-state index contributed by atoms with van der Waals surface area (Å²) in [6.07, 6.45) is 1.01. The Labute approximate surface area is 143 Å². The van der Waals surface area contributed by atoms with Gasteiger partial charge in [0.15, 0.2) is 0 Å². The summed E-state index contributed by atoms with van der Waals surface area (Å²) in [7, 11) is 1.66. The number of carbonyl (C=O) groups excluding carboxylic acids is 1. The van der Waals surface area contributed by atoms with E-state index < -0.39 is 0 Å². The Bertz CT molecular complexity index is 715.